The molecule has 0 saturated carbocycles. The maximum atomic E-state index is 11.8. The number of hydrogen-bond donors (Lipinski definition) is 2. The maximum Gasteiger partial charge on any atom is 0.251 e. The number of nitrogens with one attached hydrogen (secondary N) is 1. The highest BCUT2D eigenvalue weighted by atomic mass is 16.2. The van der Waals surface area contributed by atoms with Gasteiger partial charge in [-0.2, -0.15) is 0 Å². The van der Waals surface area contributed by atoms with E-state index < -0.39 is 0 Å². The quantitative estimate of drug-likeness (QED) is 0.411. The van der Waals surface area contributed by atoms with Crippen molar-refractivity contribution in [1.82, 2.24) is 15.2 Å². The lowest BCUT2D eigenvalue weighted by Crippen LogP contribution is -2.51. The van der Waals surface area contributed by atoms with Crippen molar-refractivity contribution in [2.45, 2.75) is 38.6 Å². The number of nitrogens with zero attached hydrogens (tertiary/aromatic N) is 2. The van der Waals surface area contributed by atoms with E-state index in [1.54, 1.807) is 0 Å². The highest BCUT2D eigenvalue weighted by Gasteiger charge is 2.28. The molecule has 5 nitrogen and oxygen atoms in total. The van der Waals surface area contributed by atoms with Gasteiger partial charge in [0.05, 0.1) is 6.04 Å². The predicted molar refractivity (Wildman–Crippen MR) is 73.9 cm³/mol. The highest BCUT2D eigenvalue weighted by Crippen LogP contribution is 2.21. The van der Waals surface area contributed by atoms with E-state index in [0.717, 1.165) is 38.4 Å². The molecule has 18 heavy (non-hydrogen) atoms. The highest BCUT2D eigenvalue weighted by molar-refractivity contribution is 5.81. The SMILES string of the molecule is CCCC(C(=O)NN)N1CCC(CN(C)C)CC1. The van der Waals surface area contributed by atoms with Crippen LogP contribution >= 0.6 is 0 Å². The summed E-state index contributed by atoms with van der Waals surface area (Å²) in [5.74, 6) is 5.99. The van der Waals surface area contributed by atoms with Gasteiger partial charge in [-0.3, -0.25) is 15.1 Å². The second kappa shape index (κ2) is 7.71. The van der Waals surface area contributed by atoms with E-state index in [1.165, 1.54) is 12.8 Å². The molecule has 1 saturated heterocycles. The number of carbonyl (C=O) groups is 1. The molecule has 3 N–H and O–H groups in total. The number of likely N-dealkylation sites (tertiary alicyclic amines) is 1. The summed E-state index contributed by atoms with van der Waals surface area (Å²) >= 11 is 0. The van der Waals surface area contributed by atoms with Crippen molar-refractivity contribution in [3.63, 3.8) is 0 Å². The average molecular weight is 256 g/mol. The fraction of sp³-hybridized carbons (Fsp3) is 0.923. The number of nitrogens with two attached hydrogens (primary N) is 1. The van der Waals surface area contributed by atoms with Crippen molar-refractivity contribution in [1.29, 1.82) is 0 Å². The van der Waals surface area contributed by atoms with Crippen molar-refractivity contribution >= 4 is 5.91 Å². The minimum atomic E-state index is -0.0414. The summed E-state index contributed by atoms with van der Waals surface area (Å²) in [5.41, 5.74) is 2.30. The molecule has 1 unspecified atom stereocenters. The molecule has 0 aromatic heterocycles. The molecule has 0 spiro atoms. The molecule has 1 aliphatic rings. The number of amides is 1. The first-order chi connectivity index (χ1) is 8.58. The molecule has 0 aliphatic carbocycles. The van der Waals surface area contributed by atoms with Gasteiger partial charge in [-0.1, -0.05) is 13.3 Å². The van der Waals surface area contributed by atoms with Gasteiger partial charge in [0.1, 0.15) is 0 Å². The Bertz CT molecular complexity index is 249. The van der Waals surface area contributed by atoms with Gasteiger partial charge in [0.25, 0.3) is 5.91 Å². The molecule has 0 aromatic carbocycles. The van der Waals surface area contributed by atoms with Crippen LogP contribution in [0, 0.1) is 5.92 Å². The summed E-state index contributed by atoms with van der Waals surface area (Å²) in [7, 11) is 4.24. The van der Waals surface area contributed by atoms with Crippen LogP contribution in [0.2, 0.25) is 0 Å². The van der Waals surface area contributed by atoms with Crippen LogP contribution < -0.4 is 11.3 Å². The zero-order chi connectivity index (χ0) is 13.5. The molecule has 1 atom stereocenters. The van der Waals surface area contributed by atoms with Crippen molar-refractivity contribution in [3.05, 3.63) is 0 Å². The summed E-state index contributed by atoms with van der Waals surface area (Å²) in [6, 6.07) is -0.0414. The fourth-order valence-electron chi connectivity index (χ4n) is 2.81. The molecule has 0 aromatic rings. The summed E-state index contributed by atoms with van der Waals surface area (Å²) in [6.45, 7) is 5.28. The number of piperidine rings is 1. The zero-order valence-corrected chi connectivity index (χ0v) is 12.0. The third kappa shape index (κ3) is 4.55. The van der Waals surface area contributed by atoms with Gasteiger partial charge in [-0.05, 0) is 52.4 Å². The van der Waals surface area contributed by atoms with Crippen molar-refractivity contribution in [3.8, 4) is 0 Å². The minimum absolute atomic E-state index is 0.0390. The fourth-order valence-corrected chi connectivity index (χ4v) is 2.81. The third-order valence-electron chi connectivity index (χ3n) is 3.72. The molecule has 5 heteroatoms. The topological polar surface area (TPSA) is 61.6 Å². The smallest absolute Gasteiger partial charge is 0.251 e. The number of hydrogen-bond acceptors (Lipinski definition) is 4. The predicted octanol–water partition coefficient (Wildman–Crippen LogP) is 0.419. The third-order valence-corrected chi connectivity index (χ3v) is 3.72. The Hall–Kier alpha value is -0.650. The van der Waals surface area contributed by atoms with E-state index in [-0.39, 0.29) is 11.9 Å². The lowest BCUT2D eigenvalue weighted by Gasteiger charge is -2.37. The Morgan fingerprint density at radius 1 is 1.44 bits per heavy atom. The standard InChI is InChI=1S/C13H28N4O/c1-4-5-12(13(18)15-14)17-8-6-11(7-9-17)10-16(2)3/h11-12H,4-10,14H2,1-3H3,(H,15,18). The molecule has 1 rings (SSSR count). The molecule has 1 fully saturated rings. The Morgan fingerprint density at radius 3 is 2.50 bits per heavy atom. The Morgan fingerprint density at radius 2 is 2.06 bits per heavy atom. The van der Waals surface area contributed by atoms with Gasteiger partial charge in [0, 0.05) is 6.54 Å². The van der Waals surface area contributed by atoms with E-state index in [9.17, 15) is 4.79 Å². The molecule has 0 radical (unpaired) electrons. The number of carbonyl (C=O) groups excluding carboxylic acids is 1. The van der Waals surface area contributed by atoms with E-state index in [1.807, 2.05) is 0 Å². The Labute approximate surface area is 111 Å². The van der Waals surface area contributed by atoms with Crippen LogP contribution in [-0.4, -0.2) is 55.5 Å². The van der Waals surface area contributed by atoms with E-state index in [2.05, 4.69) is 36.2 Å². The number of hydrazine groups is 1. The average Bonchev–Trinajstić information content (AvgIpc) is 2.35. The largest absolute Gasteiger partial charge is 0.309 e. The monoisotopic (exact) mass is 256 g/mol. The first-order valence-electron chi connectivity index (χ1n) is 6.97. The summed E-state index contributed by atoms with van der Waals surface area (Å²) in [6.07, 6.45) is 4.25. The van der Waals surface area contributed by atoms with Gasteiger partial charge in [0.2, 0.25) is 0 Å². The van der Waals surface area contributed by atoms with E-state index in [0.29, 0.717) is 0 Å². The van der Waals surface area contributed by atoms with Crippen LogP contribution in [0.5, 0.6) is 0 Å². The Kier molecular flexibility index (Phi) is 6.60. The summed E-state index contributed by atoms with van der Waals surface area (Å²) in [5, 5.41) is 0. The molecule has 1 heterocycles. The van der Waals surface area contributed by atoms with E-state index >= 15 is 0 Å². The molecule has 0 bridgehead atoms. The van der Waals surface area contributed by atoms with Gasteiger partial charge >= 0.3 is 0 Å². The molecular formula is C13H28N4O. The van der Waals surface area contributed by atoms with Crippen LogP contribution in [0.15, 0.2) is 0 Å². The lowest BCUT2D eigenvalue weighted by atomic mass is 9.94. The van der Waals surface area contributed by atoms with Crippen LogP contribution in [-0.2, 0) is 4.79 Å². The van der Waals surface area contributed by atoms with Gasteiger partial charge in [-0.15, -0.1) is 0 Å². The Balaban J connectivity index is 2.45. The second-order valence-electron chi connectivity index (χ2n) is 5.55. The number of rotatable bonds is 6. The molecule has 106 valence electrons. The van der Waals surface area contributed by atoms with Crippen LogP contribution in [0.25, 0.3) is 0 Å². The van der Waals surface area contributed by atoms with Crippen molar-refractivity contribution in [2.24, 2.45) is 11.8 Å². The first kappa shape index (κ1) is 15.4. The molecule has 1 aliphatic heterocycles. The van der Waals surface area contributed by atoms with Crippen LogP contribution in [0.4, 0.5) is 0 Å². The summed E-state index contributed by atoms with van der Waals surface area (Å²) < 4.78 is 0. The van der Waals surface area contributed by atoms with Gasteiger partial charge in [0.15, 0.2) is 0 Å². The van der Waals surface area contributed by atoms with Gasteiger partial charge < -0.3 is 4.90 Å². The second-order valence-corrected chi connectivity index (χ2v) is 5.55. The minimum Gasteiger partial charge on any atom is -0.309 e. The maximum absolute atomic E-state index is 11.8. The first-order valence-corrected chi connectivity index (χ1v) is 6.97. The summed E-state index contributed by atoms with van der Waals surface area (Å²) in [4.78, 5) is 16.3. The normalized spacial score (nSPS) is 20.1. The van der Waals surface area contributed by atoms with Gasteiger partial charge in [-0.25, -0.2) is 5.84 Å². The van der Waals surface area contributed by atoms with Crippen molar-refractivity contribution in [2.75, 3.05) is 33.7 Å². The molecule has 1 amide bonds. The zero-order valence-electron chi connectivity index (χ0n) is 12.0. The van der Waals surface area contributed by atoms with Crippen LogP contribution in [0.1, 0.15) is 32.6 Å². The van der Waals surface area contributed by atoms with E-state index in [4.69, 9.17) is 5.84 Å². The lowest BCUT2D eigenvalue weighted by molar-refractivity contribution is -0.127. The van der Waals surface area contributed by atoms with Crippen LogP contribution in [0.3, 0.4) is 0 Å². The van der Waals surface area contributed by atoms with Crippen molar-refractivity contribution < 1.29 is 4.79 Å². The molecular weight excluding hydrogens is 228 g/mol.